The van der Waals surface area contributed by atoms with Crippen LogP contribution in [0.15, 0.2) is 36.4 Å². The molecule has 0 spiro atoms. The van der Waals surface area contributed by atoms with Crippen LogP contribution in [-0.2, 0) is 11.4 Å². The van der Waals surface area contributed by atoms with Crippen LogP contribution >= 0.6 is 0 Å². The molecule has 1 unspecified atom stereocenters. The summed E-state index contributed by atoms with van der Waals surface area (Å²) in [6.07, 6.45) is 1.03. The first-order chi connectivity index (χ1) is 9.70. The maximum absolute atomic E-state index is 12.0. The molecule has 3 rings (SSSR count). The molecule has 1 aliphatic heterocycles. The van der Waals surface area contributed by atoms with Crippen LogP contribution in [0.1, 0.15) is 34.1 Å². The number of benzene rings is 1. The number of carbonyl (C=O) groups is 1. The van der Waals surface area contributed by atoms with Crippen molar-refractivity contribution in [1.82, 2.24) is 14.8 Å². The Kier molecular flexibility index (Phi) is 3.28. The Labute approximate surface area is 117 Å². The molecule has 0 fully saturated rings. The third kappa shape index (κ3) is 2.10. The quantitative estimate of drug-likeness (QED) is 0.803. The SMILES string of the molecule is CON(C)C(=O)c1cc2n(n1)CCC2c1ccccc1. The number of aromatic nitrogens is 2. The van der Waals surface area contributed by atoms with Crippen molar-refractivity contribution in [2.24, 2.45) is 0 Å². The van der Waals surface area contributed by atoms with Gasteiger partial charge in [0.2, 0.25) is 0 Å². The molecule has 0 radical (unpaired) electrons. The molecule has 0 bridgehead atoms. The minimum atomic E-state index is -0.221. The highest BCUT2D eigenvalue weighted by Crippen LogP contribution is 2.34. The van der Waals surface area contributed by atoms with E-state index in [1.54, 1.807) is 7.05 Å². The van der Waals surface area contributed by atoms with E-state index in [0.29, 0.717) is 11.6 Å². The first kappa shape index (κ1) is 12.9. The van der Waals surface area contributed by atoms with Gasteiger partial charge in [-0.15, -0.1) is 0 Å². The lowest BCUT2D eigenvalue weighted by atomic mass is 9.95. The Balaban J connectivity index is 1.91. The summed E-state index contributed by atoms with van der Waals surface area (Å²) in [5.41, 5.74) is 2.80. The molecule has 104 valence electrons. The fourth-order valence-electron chi connectivity index (χ4n) is 2.66. The molecule has 1 aromatic heterocycles. The van der Waals surface area contributed by atoms with Gasteiger partial charge in [-0.2, -0.15) is 5.10 Å². The number of hydroxylamine groups is 2. The van der Waals surface area contributed by atoms with Crippen molar-refractivity contribution in [2.75, 3.05) is 14.2 Å². The van der Waals surface area contributed by atoms with Crippen LogP contribution in [0.5, 0.6) is 0 Å². The zero-order valence-corrected chi connectivity index (χ0v) is 11.6. The lowest BCUT2D eigenvalue weighted by molar-refractivity contribution is -0.0760. The Bertz CT molecular complexity index is 621. The van der Waals surface area contributed by atoms with Crippen LogP contribution < -0.4 is 0 Å². The van der Waals surface area contributed by atoms with Crippen LogP contribution in [-0.4, -0.2) is 34.9 Å². The number of nitrogens with zero attached hydrogens (tertiary/aromatic N) is 3. The summed E-state index contributed by atoms with van der Waals surface area (Å²) in [7, 11) is 3.05. The van der Waals surface area contributed by atoms with Crippen molar-refractivity contribution >= 4 is 5.91 Å². The zero-order chi connectivity index (χ0) is 14.1. The number of fused-ring (bicyclic) bond motifs is 1. The molecule has 1 amide bonds. The van der Waals surface area contributed by atoms with Gasteiger partial charge in [-0.3, -0.25) is 14.3 Å². The summed E-state index contributed by atoms with van der Waals surface area (Å²) < 4.78 is 1.92. The van der Waals surface area contributed by atoms with Crippen molar-refractivity contribution in [2.45, 2.75) is 18.9 Å². The van der Waals surface area contributed by atoms with E-state index in [1.165, 1.54) is 17.7 Å². The summed E-state index contributed by atoms with van der Waals surface area (Å²) >= 11 is 0. The van der Waals surface area contributed by atoms with Gasteiger partial charge in [-0.05, 0) is 18.1 Å². The molecule has 0 saturated heterocycles. The Hall–Kier alpha value is -2.14. The molecule has 20 heavy (non-hydrogen) atoms. The van der Waals surface area contributed by atoms with Crippen molar-refractivity contribution in [3.05, 3.63) is 53.3 Å². The minimum Gasteiger partial charge on any atom is -0.274 e. The third-order valence-electron chi connectivity index (χ3n) is 3.78. The molecule has 2 aromatic rings. The van der Waals surface area contributed by atoms with Crippen molar-refractivity contribution < 1.29 is 9.63 Å². The summed E-state index contributed by atoms with van der Waals surface area (Å²) in [6, 6.07) is 12.2. The van der Waals surface area contributed by atoms with Gasteiger partial charge in [-0.1, -0.05) is 30.3 Å². The molecule has 0 saturated carbocycles. The van der Waals surface area contributed by atoms with E-state index in [1.807, 2.05) is 28.9 Å². The van der Waals surface area contributed by atoms with Crippen molar-refractivity contribution in [3.63, 3.8) is 0 Å². The predicted molar refractivity (Wildman–Crippen MR) is 74.2 cm³/mol. The average Bonchev–Trinajstić information content (AvgIpc) is 3.06. The van der Waals surface area contributed by atoms with Crippen LogP contribution in [0, 0.1) is 0 Å². The number of carbonyl (C=O) groups excluding carboxylic acids is 1. The second kappa shape index (κ2) is 5.09. The van der Waals surface area contributed by atoms with E-state index >= 15 is 0 Å². The number of hydrogen-bond donors (Lipinski definition) is 0. The summed E-state index contributed by atoms with van der Waals surface area (Å²) in [4.78, 5) is 17.0. The number of hydrogen-bond acceptors (Lipinski definition) is 3. The molecule has 1 atom stereocenters. The monoisotopic (exact) mass is 271 g/mol. The highest BCUT2D eigenvalue weighted by Gasteiger charge is 2.28. The maximum Gasteiger partial charge on any atom is 0.297 e. The normalized spacial score (nSPS) is 17.0. The largest absolute Gasteiger partial charge is 0.297 e. The first-order valence-electron chi connectivity index (χ1n) is 6.65. The number of aryl methyl sites for hydroxylation is 1. The highest BCUT2D eigenvalue weighted by molar-refractivity contribution is 5.91. The van der Waals surface area contributed by atoms with Crippen molar-refractivity contribution in [3.8, 4) is 0 Å². The summed E-state index contributed by atoms with van der Waals surface area (Å²) in [5, 5.41) is 5.57. The molecule has 1 aromatic carbocycles. The molecule has 0 aliphatic carbocycles. The second-order valence-corrected chi connectivity index (χ2v) is 4.91. The van der Waals surface area contributed by atoms with Gasteiger partial charge in [0.1, 0.15) is 0 Å². The van der Waals surface area contributed by atoms with E-state index in [-0.39, 0.29) is 5.91 Å². The Morgan fingerprint density at radius 1 is 1.40 bits per heavy atom. The van der Waals surface area contributed by atoms with Crippen LogP contribution in [0.3, 0.4) is 0 Å². The van der Waals surface area contributed by atoms with Gasteiger partial charge in [-0.25, -0.2) is 5.06 Å². The molecular formula is C15H17N3O2. The van der Waals surface area contributed by atoms with Crippen LogP contribution in [0.4, 0.5) is 0 Å². The van der Waals surface area contributed by atoms with Gasteiger partial charge >= 0.3 is 0 Å². The smallest absolute Gasteiger partial charge is 0.274 e. The van der Waals surface area contributed by atoms with Gasteiger partial charge in [0.25, 0.3) is 5.91 Å². The number of amides is 1. The average molecular weight is 271 g/mol. The maximum atomic E-state index is 12.0. The molecule has 5 nitrogen and oxygen atoms in total. The molecular weight excluding hydrogens is 254 g/mol. The van der Waals surface area contributed by atoms with E-state index in [4.69, 9.17) is 4.84 Å². The fourth-order valence-corrected chi connectivity index (χ4v) is 2.66. The Morgan fingerprint density at radius 3 is 2.85 bits per heavy atom. The Morgan fingerprint density at radius 2 is 2.15 bits per heavy atom. The van der Waals surface area contributed by atoms with Gasteiger partial charge in [0.05, 0.1) is 7.11 Å². The predicted octanol–water partition coefficient (Wildman–Crippen LogP) is 2.05. The van der Waals surface area contributed by atoms with E-state index in [2.05, 4.69) is 17.2 Å². The highest BCUT2D eigenvalue weighted by atomic mass is 16.7. The first-order valence-corrected chi connectivity index (χ1v) is 6.65. The molecule has 0 N–H and O–H groups in total. The third-order valence-corrected chi connectivity index (χ3v) is 3.78. The second-order valence-electron chi connectivity index (χ2n) is 4.91. The molecule has 5 heteroatoms. The molecule has 1 aliphatic rings. The van der Waals surface area contributed by atoms with Gasteiger partial charge < -0.3 is 0 Å². The molecule has 2 heterocycles. The van der Waals surface area contributed by atoms with Gasteiger partial charge in [0, 0.05) is 25.2 Å². The van der Waals surface area contributed by atoms with E-state index in [9.17, 15) is 4.79 Å². The van der Waals surface area contributed by atoms with Gasteiger partial charge in [0.15, 0.2) is 5.69 Å². The van der Waals surface area contributed by atoms with Crippen molar-refractivity contribution in [1.29, 1.82) is 0 Å². The fraction of sp³-hybridized carbons (Fsp3) is 0.333. The minimum absolute atomic E-state index is 0.221. The topological polar surface area (TPSA) is 47.4 Å². The van der Waals surface area contributed by atoms with E-state index < -0.39 is 0 Å². The van der Waals surface area contributed by atoms with E-state index in [0.717, 1.165) is 18.7 Å². The van der Waals surface area contributed by atoms with Crippen LogP contribution in [0.25, 0.3) is 0 Å². The van der Waals surface area contributed by atoms with Crippen LogP contribution in [0.2, 0.25) is 0 Å². The lowest BCUT2D eigenvalue weighted by Crippen LogP contribution is -2.26. The zero-order valence-electron chi connectivity index (χ0n) is 11.6. The lowest BCUT2D eigenvalue weighted by Gasteiger charge is -2.11. The summed E-state index contributed by atoms with van der Waals surface area (Å²) in [5.74, 6) is 0.0966. The summed E-state index contributed by atoms with van der Waals surface area (Å²) in [6.45, 7) is 0.846. The standard InChI is InChI=1S/C15H17N3O2/c1-17(20-2)15(19)13-10-14-12(8-9-18(14)16-13)11-6-4-3-5-7-11/h3-7,10,12H,8-9H2,1-2H3. The number of rotatable bonds is 3.